The van der Waals surface area contributed by atoms with Crippen LogP contribution in [0.25, 0.3) is 10.9 Å². The lowest BCUT2D eigenvalue weighted by molar-refractivity contribution is -0.134. The van der Waals surface area contributed by atoms with Gasteiger partial charge < -0.3 is 14.4 Å². The van der Waals surface area contributed by atoms with Crippen LogP contribution in [0.2, 0.25) is 0 Å². The molecule has 194 valence electrons. The highest BCUT2D eigenvalue weighted by molar-refractivity contribution is 6.03. The lowest BCUT2D eigenvalue weighted by atomic mass is 9.93. The summed E-state index contributed by atoms with van der Waals surface area (Å²) in [5, 5.41) is 7.91. The number of ether oxygens (including phenoxy) is 2. The van der Waals surface area contributed by atoms with E-state index < -0.39 is 5.92 Å². The molecule has 37 heavy (non-hydrogen) atoms. The van der Waals surface area contributed by atoms with Crippen LogP contribution in [0.1, 0.15) is 61.5 Å². The molecule has 0 aliphatic carbocycles. The van der Waals surface area contributed by atoms with Gasteiger partial charge in [0.1, 0.15) is 23.1 Å². The fraction of sp³-hybridized carbons (Fsp3) is 0.429. The van der Waals surface area contributed by atoms with E-state index in [2.05, 4.69) is 10.4 Å². The SMILES string of the molecule is CC(C)Oc1cccc(C(=O)N2CCC(Oc3cccc4c(C5CCC(=O)NC5=O)nn(C)c34)CC2)c1. The zero-order valence-corrected chi connectivity index (χ0v) is 21.4. The van der Waals surface area contributed by atoms with Crippen molar-refractivity contribution in [1.29, 1.82) is 0 Å². The first kappa shape index (κ1) is 24.8. The smallest absolute Gasteiger partial charge is 0.253 e. The number of carbonyl (C=O) groups is 3. The van der Waals surface area contributed by atoms with Crippen LogP contribution in [0, 0.1) is 0 Å². The van der Waals surface area contributed by atoms with Gasteiger partial charge in [-0.15, -0.1) is 0 Å². The molecule has 2 aliphatic heterocycles. The summed E-state index contributed by atoms with van der Waals surface area (Å²) < 4.78 is 13.9. The van der Waals surface area contributed by atoms with Crippen LogP contribution in [-0.4, -0.2) is 57.7 Å². The van der Waals surface area contributed by atoms with E-state index in [0.717, 1.165) is 10.9 Å². The van der Waals surface area contributed by atoms with Crippen LogP contribution >= 0.6 is 0 Å². The Labute approximate surface area is 215 Å². The van der Waals surface area contributed by atoms with E-state index in [9.17, 15) is 14.4 Å². The van der Waals surface area contributed by atoms with E-state index in [4.69, 9.17) is 9.47 Å². The molecule has 2 fully saturated rings. The van der Waals surface area contributed by atoms with Gasteiger partial charge in [-0.05, 0) is 44.5 Å². The molecular formula is C28H32N4O5. The number of para-hydroxylation sites is 1. The van der Waals surface area contributed by atoms with Gasteiger partial charge in [-0.3, -0.25) is 24.4 Å². The molecule has 3 amide bonds. The Hall–Kier alpha value is -3.88. The number of carbonyl (C=O) groups excluding carboxylic acids is 3. The van der Waals surface area contributed by atoms with Crippen molar-refractivity contribution >= 4 is 28.6 Å². The number of aromatic nitrogens is 2. The van der Waals surface area contributed by atoms with Crippen LogP contribution in [0.5, 0.6) is 11.5 Å². The molecule has 3 aromatic rings. The summed E-state index contributed by atoms with van der Waals surface area (Å²) in [6, 6.07) is 13.1. The summed E-state index contributed by atoms with van der Waals surface area (Å²) >= 11 is 0. The van der Waals surface area contributed by atoms with Crippen LogP contribution < -0.4 is 14.8 Å². The zero-order valence-electron chi connectivity index (χ0n) is 21.4. The van der Waals surface area contributed by atoms with Crippen molar-refractivity contribution in [2.75, 3.05) is 13.1 Å². The third kappa shape index (κ3) is 5.16. The fourth-order valence-electron chi connectivity index (χ4n) is 5.15. The molecule has 0 saturated carbocycles. The van der Waals surface area contributed by atoms with E-state index in [1.807, 2.05) is 62.2 Å². The number of piperidine rings is 2. The monoisotopic (exact) mass is 504 g/mol. The Morgan fingerprint density at radius 2 is 1.84 bits per heavy atom. The van der Waals surface area contributed by atoms with Crippen LogP contribution in [0.4, 0.5) is 0 Å². The number of nitrogens with zero attached hydrogens (tertiary/aromatic N) is 3. The molecule has 1 atom stereocenters. The fourth-order valence-corrected chi connectivity index (χ4v) is 5.15. The molecular weight excluding hydrogens is 472 g/mol. The molecule has 3 heterocycles. The Morgan fingerprint density at radius 3 is 2.57 bits per heavy atom. The van der Waals surface area contributed by atoms with Crippen LogP contribution in [0.3, 0.4) is 0 Å². The van der Waals surface area contributed by atoms with Crippen molar-refractivity contribution in [1.82, 2.24) is 20.0 Å². The summed E-state index contributed by atoms with van der Waals surface area (Å²) in [4.78, 5) is 39.0. The maximum Gasteiger partial charge on any atom is 0.253 e. The van der Waals surface area contributed by atoms with Gasteiger partial charge >= 0.3 is 0 Å². The molecule has 5 rings (SSSR count). The van der Waals surface area contributed by atoms with Crippen molar-refractivity contribution < 1.29 is 23.9 Å². The number of hydrogen-bond donors (Lipinski definition) is 1. The predicted octanol–water partition coefficient (Wildman–Crippen LogP) is 3.56. The summed E-state index contributed by atoms with van der Waals surface area (Å²) in [7, 11) is 1.84. The minimum Gasteiger partial charge on any atom is -0.491 e. The molecule has 0 bridgehead atoms. The largest absolute Gasteiger partial charge is 0.491 e. The van der Waals surface area contributed by atoms with Gasteiger partial charge in [0, 0.05) is 50.3 Å². The first-order valence-electron chi connectivity index (χ1n) is 12.8. The highest BCUT2D eigenvalue weighted by Gasteiger charge is 2.32. The molecule has 2 saturated heterocycles. The Bertz CT molecular complexity index is 1340. The molecule has 0 radical (unpaired) electrons. The van der Waals surface area contributed by atoms with Crippen molar-refractivity contribution in [3.8, 4) is 11.5 Å². The van der Waals surface area contributed by atoms with Gasteiger partial charge in [-0.1, -0.05) is 18.2 Å². The molecule has 9 heteroatoms. The topological polar surface area (TPSA) is 103 Å². The zero-order chi connectivity index (χ0) is 26.1. The van der Waals surface area contributed by atoms with Gasteiger partial charge in [-0.2, -0.15) is 5.10 Å². The maximum absolute atomic E-state index is 13.1. The third-order valence-electron chi connectivity index (χ3n) is 6.90. The number of rotatable bonds is 6. The van der Waals surface area contributed by atoms with Crippen LogP contribution in [-0.2, 0) is 16.6 Å². The average molecular weight is 505 g/mol. The quantitative estimate of drug-likeness (QED) is 0.515. The number of fused-ring (bicyclic) bond motifs is 1. The molecule has 2 aromatic carbocycles. The van der Waals surface area contributed by atoms with Crippen molar-refractivity contribution in [2.24, 2.45) is 7.05 Å². The third-order valence-corrected chi connectivity index (χ3v) is 6.90. The normalized spacial score (nSPS) is 18.8. The Morgan fingerprint density at radius 1 is 1.08 bits per heavy atom. The summed E-state index contributed by atoms with van der Waals surface area (Å²) in [5.74, 6) is 0.382. The van der Waals surface area contributed by atoms with E-state index in [-0.39, 0.29) is 29.9 Å². The maximum atomic E-state index is 13.1. The second-order valence-corrected chi connectivity index (χ2v) is 9.97. The Balaban J connectivity index is 1.27. The summed E-state index contributed by atoms with van der Waals surface area (Å²) in [6.07, 6.45) is 2.17. The number of hydrogen-bond acceptors (Lipinski definition) is 6. The summed E-state index contributed by atoms with van der Waals surface area (Å²) in [6.45, 7) is 5.12. The minimum absolute atomic E-state index is 0.00438. The number of nitrogens with one attached hydrogen (secondary N) is 1. The number of amides is 3. The van der Waals surface area contributed by atoms with Gasteiger partial charge in [0.2, 0.25) is 11.8 Å². The second kappa shape index (κ2) is 10.2. The van der Waals surface area contributed by atoms with Gasteiger partial charge in [0.15, 0.2) is 0 Å². The van der Waals surface area contributed by atoms with Crippen molar-refractivity contribution in [3.63, 3.8) is 0 Å². The highest BCUT2D eigenvalue weighted by atomic mass is 16.5. The first-order valence-corrected chi connectivity index (χ1v) is 12.8. The lowest BCUT2D eigenvalue weighted by Crippen LogP contribution is -2.41. The molecule has 2 aliphatic rings. The van der Waals surface area contributed by atoms with Gasteiger partial charge in [-0.25, -0.2) is 0 Å². The summed E-state index contributed by atoms with van der Waals surface area (Å²) in [5.41, 5.74) is 2.11. The first-order chi connectivity index (χ1) is 17.8. The molecule has 1 N–H and O–H groups in total. The lowest BCUT2D eigenvalue weighted by Gasteiger charge is -2.32. The number of aryl methyl sites for hydroxylation is 1. The molecule has 1 aromatic heterocycles. The van der Waals surface area contributed by atoms with Crippen LogP contribution in [0.15, 0.2) is 42.5 Å². The number of benzene rings is 2. The standard InChI is InChI=1S/C28H32N4O5/c1-17(2)36-20-7-4-6-18(16-20)28(35)32-14-12-19(13-15-32)37-23-9-5-8-21-25(30-31(3)26(21)23)22-10-11-24(33)29-27(22)34/h4-9,16-17,19,22H,10-15H2,1-3H3,(H,29,33,34). The number of likely N-dealkylation sites (tertiary alicyclic amines) is 1. The highest BCUT2D eigenvalue weighted by Crippen LogP contribution is 2.35. The van der Waals surface area contributed by atoms with Crippen molar-refractivity contribution in [2.45, 2.75) is 57.7 Å². The van der Waals surface area contributed by atoms with E-state index in [1.54, 1.807) is 10.7 Å². The minimum atomic E-state index is -0.463. The second-order valence-electron chi connectivity index (χ2n) is 9.97. The van der Waals surface area contributed by atoms with Crippen molar-refractivity contribution in [3.05, 3.63) is 53.7 Å². The average Bonchev–Trinajstić information content (AvgIpc) is 3.21. The van der Waals surface area contributed by atoms with Gasteiger partial charge in [0.05, 0.1) is 17.7 Å². The molecule has 0 spiro atoms. The van der Waals surface area contributed by atoms with E-state index in [0.29, 0.717) is 61.5 Å². The number of imide groups is 1. The van der Waals surface area contributed by atoms with E-state index >= 15 is 0 Å². The van der Waals surface area contributed by atoms with E-state index in [1.165, 1.54) is 0 Å². The molecule has 1 unspecified atom stereocenters. The Kier molecular flexibility index (Phi) is 6.86. The van der Waals surface area contributed by atoms with Gasteiger partial charge in [0.25, 0.3) is 5.91 Å². The predicted molar refractivity (Wildman–Crippen MR) is 138 cm³/mol. The molecule has 9 nitrogen and oxygen atoms in total.